The molecule has 1 aliphatic carbocycles. The van der Waals surface area contributed by atoms with Crippen molar-refractivity contribution in [2.24, 2.45) is 0 Å². The Hall–Kier alpha value is -3.14. The molecule has 61 heavy (non-hydrogen) atoms. The van der Waals surface area contributed by atoms with Crippen molar-refractivity contribution < 1.29 is 106 Å². The number of phosphoric acid groups is 3. The van der Waals surface area contributed by atoms with Crippen LogP contribution in [0.4, 0.5) is 0 Å². The van der Waals surface area contributed by atoms with Gasteiger partial charge >= 0.3 is 35.4 Å². The van der Waals surface area contributed by atoms with Gasteiger partial charge in [0.15, 0.2) is 6.10 Å². The molecule has 0 aliphatic heterocycles. The molecular formula is C38H75O19P3S. The van der Waals surface area contributed by atoms with Crippen molar-refractivity contribution >= 4 is 48.9 Å². The molecule has 0 aromatic rings. The fraction of sp³-hybridized carbons (Fsp3) is 0.632. The summed E-state index contributed by atoms with van der Waals surface area (Å²) in [4.78, 5) is 72.3. The molecule has 0 aromatic heterocycles. The Balaban J connectivity index is -0.000000300. The average Bonchev–Trinajstić information content (AvgIpc) is 3.16. The van der Waals surface area contributed by atoms with Crippen LogP contribution in [0.2, 0.25) is 0 Å². The van der Waals surface area contributed by atoms with Crippen molar-refractivity contribution in [2.45, 2.75) is 140 Å². The Morgan fingerprint density at radius 2 is 1.00 bits per heavy atom. The second kappa shape index (κ2) is 31.7. The number of aliphatic hydroxyl groups excluding tert-OH is 3. The Morgan fingerprint density at radius 1 is 0.607 bits per heavy atom. The summed E-state index contributed by atoms with van der Waals surface area (Å²) in [6, 6.07) is 0. The highest BCUT2D eigenvalue weighted by Gasteiger charge is 2.56. The molecule has 23 heteroatoms. The van der Waals surface area contributed by atoms with Gasteiger partial charge in [-0.25, -0.2) is 18.5 Å². The molecule has 1 rings (SSSR count). The molecule has 0 spiro atoms. The van der Waals surface area contributed by atoms with Gasteiger partial charge in [-0.3, -0.25) is 22.9 Å². The maximum Gasteiger partial charge on any atom is 0.472 e. The highest BCUT2D eigenvalue weighted by molar-refractivity contribution is 7.59. The van der Waals surface area contributed by atoms with Crippen LogP contribution >= 0.6 is 37.0 Å². The van der Waals surface area contributed by atoms with Crippen molar-refractivity contribution in [1.29, 1.82) is 0 Å². The molecule has 1 fully saturated rings. The molecule has 362 valence electrons. The van der Waals surface area contributed by atoms with Gasteiger partial charge in [0.25, 0.3) is 0 Å². The number of hydrogen-bond acceptors (Lipinski definition) is 14. The lowest BCUT2D eigenvalue weighted by molar-refractivity contribution is -0.213. The molecule has 8 atom stereocenters. The van der Waals surface area contributed by atoms with Crippen LogP contribution in [0, 0.1) is 71.5 Å². The molecule has 5 unspecified atom stereocenters. The first kappa shape index (κ1) is 57.9. The monoisotopic (exact) mass is 960 g/mol. The molecule has 1 saturated carbocycles. The van der Waals surface area contributed by atoms with Crippen LogP contribution in [0.1, 0.15) is 113 Å². The molecule has 0 bridgehead atoms. The van der Waals surface area contributed by atoms with E-state index in [1.54, 1.807) is 0 Å². The van der Waals surface area contributed by atoms with Crippen molar-refractivity contribution in [1.82, 2.24) is 0 Å². The van der Waals surface area contributed by atoms with Gasteiger partial charge in [0.2, 0.25) is 0 Å². The predicted octanol–water partition coefficient (Wildman–Crippen LogP) is 4.95. The summed E-state index contributed by atoms with van der Waals surface area (Å²) in [5, 5.41) is 31.6. The molecule has 19 nitrogen and oxygen atoms in total. The van der Waals surface area contributed by atoms with E-state index in [4.69, 9.17) is 24.9 Å². The quantitative estimate of drug-likeness (QED) is 0.0187. The van der Waals surface area contributed by atoms with Gasteiger partial charge in [-0.15, -0.1) is 6.42 Å². The van der Waals surface area contributed by atoms with Crippen LogP contribution in [-0.2, 0) is 50.9 Å². The van der Waals surface area contributed by atoms with Crippen LogP contribution in [0.15, 0.2) is 0 Å². The molecule has 0 amide bonds. The highest BCUT2D eigenvalue weighted by atomic mass is 32.1. The van der Waals surface area contributed by atoms with Gasteiger partial charge in [0.1, 0.15) is 43.2 Å². The topological polar surface area (TPSA) is 303 Å². The SMILES string of the molecule is C#CC#CC#CC#CC#CC#CC(=O)OC[C@H](COP(=O)(O)OC1C(O)[C@H](OP(=O)(O)O)C(O)C(OP(=O)(O)O)[C@@H]1O)OC(=O)CCCCCCCCCCCCCCC.S.[HH].[HH].[HH].[HH].[HH].[HH].[HH].[HH].[HH].[HH].[HH]. The predicted molar refractivity (Wildman–Crippen MR) is 245 cm³/mol. The van der Waals surface area contributed by atoms with Crippen molar-refractivity contribution in [3.63, 3.8) is 0 Å². The minimum absolute atomic E-state index is 0. The summed E-state index contributed by atoms with van der Waals surface area (Å²) in [5.41, 5.74) is 0. The lowest BCUT2D eigenvalue weighted by atomic mass is 9.85. The molecule has 0 radical (unpaired) electrons. The summed E-state index contributed by atoms with van der Waals surface area (Å²) >= 11 is 0. The van der Waals surface area contributed by atoms with Gasteiger partial charge in [0.05, 0.1) is 6.61 Å². The van der Waals surface area contributed by atoms with Crippen molar-refractivity contribution in [3.8, 4) is 71.5 Å². The zero-order valence-corrected chi connectivity index (χ0v) is 37.0. The van der Waals surface area contributed by atoms with E-state index in [1.165, 1.54) is 44.9 Å². The second-order valence-corrected chi connectivity index (χ2v) is 16.8. The Morgan fingerprint density at radius 3 is 1.43 bits per heavy atom. The Labute approximate surface area is 379 Å². The Kier molecular flexibility index (Phi) is 30.0. The van der Waals surface area contributed by atoms with E-state index in [2.05, 4.69) is 75.2 Å². The van der Waals surface area contributed by atoms with Gasteiger partial charge in [-0.2, -0.15) is 13.5 Å². The number of terminal acetylenes is 1. The largest absolute Gasteiger partial charge is 0.472 e. The van der Waals surface area contributed by atoms with E-state index < -0.39 is 91.3 Å². The minimum Gasteiger partial charge on any atom is -0.456 e. The summed E-state index contributed by atoms with van der Waals surface area (Å²) in [6.45, 7) is 0.339. The summed E-state index contributed by atoms with van der Waals surface area (Å²) < 4.78 is 64.4. The molecular weight excluding hydrogens is 885 g/mol. The van der Waals surface area contributed by atoms with E-state index in [0.29, 0.717) is 12.8 Å². The fourth-order valence-electron chi connectivity index (χ4n) is 5.41. The minimum atomic E-state index is -5.58. The molecule has 0 saturated heterocycles. The number of phosphoric ester groups is 3. The van der Waals surface area contributed by atoms with Gasteiger partial charge in [-0.1, -0.05) is 84.0 Å². The van der Waals surface area contributed by atoms with E-state index in [1.807, 2.05) is 5.92 Å². The standard InChI is InChI=1S/C38H51O19P3.H2S.11H2/c1-3-5-7-9-11-13-15-16-17-19-21-23-25-27-32(40)54-30(28-52-31(39)26-24-22-20-18-14-12-10-8-6-4-2)29-53-60(50,51)57-38-34(42)36(55-58(44,45)46)33(41)37(35(38)43)56-59(47,48)49;;;;;;;;;;;;/h2,30,33-38,41-43H,3,5,7,9,11,13,15-17,19,21,23,25,27-29H2,1H3,(H,50,51)(H2,44,45,46)(H2,47,48,49);1H2;11*1H/t30-,33?,34+,35?,36?,37-,38?;;;;;;;;;;;;/m1............/s1. The van der Waals surface area contributed by atoms with Crippen LogP contribution in [0.3, 0.4) is 0 Å². The third-order valence-electron chi connectivity index (χ3n) is 8.14. The third kappa shape index (κ3) is 28.2. The lowest BCUT2D eigenvalue weighted by Crippen LogP contribution is -2.65. The Bertz CT molecular complexity index is 1890. The maximum absolute atomic E-state index is 13.0. The van der Waals surface area contributed by atoms with Crippen molar-refractivity contribution in [3.05, 3.63) is 0 Å². The first-order valence-electron chi connectivity index (χ1n) is 18.8. The highest BCUT2D eigenvalue weighted by Crippen LogP contribution is 2.51. The van der Waals surface area contributed by atoms with Gasteiger partial charge in [0, 0.05) is 28.0 Å². The number of unbranched alkanes of at least 4 members (excludes halogenated alkanes) is 12. The van der Waals surface area contributed by atoms with Crippen LogP contribution in [0.25, 0.3) is 0 Å². The molecule has 0 heterocycles. The number of aliphatic hydroxyl groups is 3. The first-order valence-corrected chi connectivity index (χ1v) is 23.4. The van der Waals surface area contributed by atoms with Gasteiger partial charge in [-0.05, 0) is 65.6 Å². The zero-order valence-electron chi connectivity index (χ0n) is 33.3. The number of carbonyl (C=O) groups excluding carboxylic acids is 2. The lowest BCUT2D eigenvalue weighted by Gasteiger charge is -2.44. The number of ether oxygens (including phenoxy) is 2. The van der Waals surface area contributed by atoms with Crippen LogP contribution in [-0.4, -0.2) is 108 Å². The van der Waals surface area contributed by atoms with Crippen LogP contribution in [0.5, 0.6) is 0 Å². The smallest absolute Gasteiger partial charge is 0.456 e. The van der Waals surface area contributed by atoms with Gasteiger partial charge < -0.3 is 49.3 Å². The third-order valence-corrected chi connectivity index (χ3v) is 10.2. The maximum atomic E-state index is 13.0. The van der Waals surface area contributed by atoms with Crippen molar-refractivity contribution in [2.75, 3.05) is 13.2 Å². The molecule has 1 aliphatic rings. The summed E-state index contributed by atoms with van der Waals surface area (Å²) in [7, 11) is -16.7. The molecule has 8 N–H and O–H groups in total. The van der Waals surface area contributed by atoms with E-state index >= 15 is 0 Å². The fourth-order valence-corrected chi connectivity index (χ4v) is 7.52. The normalized spacial score (nSPS) is 20.8. The van der Waals surface area contributed by atoms with E-state index in [9.17, 15) is 63.1 Å². The zero-order chi connectivity index (χ0) is 45.0. The number of rotatable bonds is 26. The van der Waals surface area contributed by atoms with Crippen LogP contribution < -0.4 is 0 Å². The summed E-state index contributed by atoms with van der Waals surface area (Å²) in [5.74, 6) is 22.7. The number of esters is 2. The molecule has 0 aromatic carbocycles. The number of carbonyl (C=O) groups is 2. The average molecular weight is 961 g/mol. The number of hydrogen-bond donors (Lipinski definition) is 8. The second-order valence-electron chi connectivity index (χ2n) is 13.0. The van der Waals surface area contributed by atoms with E-state index in [-0.39, 0.29) is 35.6 Å². The van der Waals surface area contributed by atoms with E-state index in [0.717, 1.165) is 25.7 Å². The first-order chi connectivity index (χ1) is 28.3. The summed E-state index contributed by atoms with van der Waals surface area (Å²) in [6.07, 6.45) is 1.87.